The molecule has 0 aliphatic carbocycles. The molecule has 1 N–H and O–H groups in total. The van der Waals surface area contributed by atoms with Gasteiger partial charge in [0.25, 0.3) is 0 Å². The molecule has 104 valence electrons. The van der Waals surface area contributed by atoms with Crippen molar-refractivity contribution in [1.29, 1.82) is 0 Å². The Bertz CT molecular complexity index is 422. The molecule has 1 heterocycles. The molecule has 1 aromatic carbocycles. The first-order chi connectivity index (χ1) is 9.15. The van der Waals surface area contributed by atoms with Gasteiger partial charge < -0.3 is 15.0 Å². The summed E-state index contributed by atoms with van der Waals surface area (Å²) in [6, 6.07) is 7.01. The first-order valence-electron chi connectivity index (χ1n) is 6.56. The largest absolute Gasteiger partial charge is 0.473 e. The summed E-state index contributed by atoms with van der Waals surface area (Å²) in [7, 11) is 0. The molecule has 1 aliphatic rings. The van der Waals surface area contributed by atoms with Crippen molar-refractivity contribution in [2.24, 2.45) is 5.92 Å². The zero-order valence-electron chi connectivity index (χ0n) is 11.1. The first-order valence-corrected chi connectivity index (χ1v) is 6.94. The zero-order chi connectivity index (χ0) is 13.7. The van der Waals surface area contributed by atoms with Crippen LogP contribution in [0.3, 0.4) is 0 Å². The molecule has 1 atom stereocenters. The molecule has 19 heavy (non-hydrogen) atoms. The molecule has 0 radical (unpaired) electrons. The molecular weight excluding hydrogens is 264 g/mol. The van der Waals surface area contributed by atoms with E-state index in [9.17, 15) is 4.79 Å². The van der Waals surface area contributed by atoms with Crippen LogP contribution in [0.1, 0.15) is 19.8 Å². The molecule has 1 unspecified atom stereocenters. The average Bonchev–Trinajstić information content (AvgIpc) is 2.41. The second-order valence-corrected chi connectivity index (χ2v) is 5.35. The van der Waals surface area contributed by atoms with Gasteiger partial charge in [-0.2, -0.15) is 0 Å². The van der Waals surface area contributed by atoms with E-state index >= 15 is 0 Å². The summed E-state index contributed by atoms with van der Waals surface area (Å²) in [5.74, 6) is 1.27. The van der Waals surface area contributed by atoms with Crippen LogP contribution in [0.2, 0.25) is 5.02 Å². The van der Waals surface area contributed by atoms with Crippen LogP contribution in [0.4, 0.5) is 4.79 Å². The summed E-state index contributed by atoms with van der Waals surface area (Å²) in [4.78, 5) is 13.7. The van der Waals surface area contributed by atoms with Gasteiger partial charge in [0.1, 0.15) is 5.75 Å². The van der Waals surface area contributed by atoms with Crippen LogP contribution in [0.15, 0.2) is 24.3 Å². The van der Waals surface area contributed by atoms with E-state index in [1.807, 2.05) is 4.90 Å². The van der Waals surface area contributed by atoms with E-state index in [-0.39, 0.29) is 12.8 Å². The number of nitrogens with zero attached hydrogens (tertiary/aromatic N) is 1. The fraction of sp³-hybridized carbons (Fsp3) is 0.500. The van der Waals surface area contributed by atoms with Crippen molar-refractivity contribution in [3.05, 3.63) is 29.3 Å². The van der Waals surface area contributed by atoms with Gasteiger partial charge in [-0.05, 0) is 43.0 Å². The van der Waals surface area contributed by atoms with Crippen molar-refractivity contribution in [3.8, 4) is 5.75 Å². The smallest absolute Gasteiger partial charge is 0.320 e. The maximum Gasteiger partial charge on any atom is 0.320 e. The van der Waals surface area contributed by atoms with Gasteiger partial charge >= 0.3 is 6.03 Å². The van der Waals surface area contributed by atoms with Crippen LogP contribution in [0.25, 0.3) is 0 Å². The lowest BCUT2D eigenvalue weighted by Gasteiger charge is -2.30. The average molecular weight is 283 g/mol. The van der Waals surface area contributed by atoms with Crippen molar-refractivity contribution in [2.75, 3.05) is 19.8 Å². The Morgan fingerprint density at radius 1 is 1.47 bits per heavy atom. The molecule has 0 spiro atoms. The van der Waals surface area contributed by atoms with Gasteiger partial charge in [-0.15, -0.1) is 0 Å². The number of halogens is 1. The summed E-state index contributed by atoms with van der Waals surface area (Å²) >= 11 is 5.78. The number of amides is 2. The van der Waals surface area contributed by atoms with Crippen LogP contribution >= 0.6 is 11.6 Å². The summed E-state index contributed by atoms with van der Waals surface area (Å²) in [5.41, 5.74) is 0. The van der Waals surface area contributed by atoms with Crippen molar-refractivity contribution < 1.29 is 9.53 Å². The number of piperidine rings is 1. The lowest BCUT2D eigenvalue weighted by atomic mass is 10.0. The highest BCUT2D eigenvalue weighted by atomic mass is 35.5. The number of carbonyl (C=O) groups is 1. The van der Waals surface area contributed by atoms with E-state index in [2.05, 4.69) is 12.2 Å². The summed E-state index contributed by atoms with van der Waals surface area (Å²) in [5, 5.41) is 3.43. The van der Waals surface area contributed by atoms with Crippen molar-refractivity contribution in [3.63, 3.8) is 0 Å². The Morgan fingerprint density at radius 3 is 2.89 bits per heavy atom. The van der Waals surface area contributed by atoms with Crippen molar-refractivity contribution >= 4 is 17.6 Å². The number of carbonyl (C=O) groups excluding carboxylic acids is 1. The summed E-state index contributed by atoms with van der Waals surface area (Å²) < 4.78 is 5.43. The van der Waals surface area contributed by atoms with Gasteiger partial charge in [0.15, 0.2) is 6.73 Å². The summed E-state index contributed by atoms with van der Waals surface area (Å²) in [6.45, 7) is 4.00. The number of hydrogen-bond acceptors (Lipinski definition) is 2. The SMILES string of the molecule is CC1CCCN(C(=O)NCOc2ccc(Cl)cc2)C1. The number of likely N-dealkylation sites (tertiary alicyclic amines) is 1. The second-order valence-electron chi connectivity index (χ2n) is 4.92. The Morgan fingerprint density at radius 2 is 2.21 bits per heavy atom. The van der Waals surface area contributed by atoms with Crippen molar-refractivity contribution in [2.45, 2.75) is 19.8 Å². The summed E-state index contributed by atoms with van der Waals surface area (Å²) in [6.07, 6.45) is 2.28. The van der Waals surface area contributed by atoms with Gasteiger partial charge in [0, 0.05) is 18.1 Å². The fourth-order valence-corrected chi connectivity index (χ4v) is 2.32. The molecule has 4 nitrogen and oxygen atoms in total. The van der Waals surface area contributed by atoms with Crippen LogP contribution < -0.4 is 10.1 Å². The maximum absolute atomic E-state index is 11.9. The lowest BCUT2D eigenvalue weighted by Crippen LogP contribution is -2.46. The molecule has 0 aromatic heterocycles. The highest BCUT2D eigenvalue weighted by Crippen LogP contribution is 2.16. The molecule has 5 heteroatoms. The minimum Gasteiger partial charge on any atom is -0.473 e. The fourth-order valence-electron chi connectivity index (χ4n) is 2.20. The van der Waals surface area contributed by atoms with Gasteiger partial charge in [0.05, 0.1) is 0 Å². The van der Waals surface area contributed by atoms with E-state index in [1.165, 1.54) is 6.42 Å². The lowest BCUT2D eigenvalue weighted by molar-refractivity contribution is 0.160. The molecule has 2 amide bonds. The first kappa shape index (κ1) is 14.0. The molecule has 1 fully saturated rings. The normalized spacial score (nSPS) is 19.1. The Kier molecular flexibility index (Phi) is 4.91. The second kappa shape index (κ2) is 6.66. The number of benzene rings is 1. The predicted octanol–water partition coefficient (Wildman–Crippen LogP) is 3.12. The third kappa shape index (κ3) is 4.31. The molecule has 1 saturated heterocycles. The Balaban J connectivity index is 1.73. The predicted molar refractivity (Wildman–Crippen MR) is 75.4 cm³/mol. The van der Waals surface area contributed by atoms with E-state index < -0.39 is 0 Å². The zero-order valence-corrected chi connectivity index (χ0v) is 11.8. The number of ether oxygens (including phenoxy) is 1. The van der Waals surface area contributed by atoms with Crippen LogP contribution in [-0.2, 0) is 0 Å². The molecule has 0 saturated carbocycles. The van der Waals surface area contributed by atoms with E-state index in [1.54, 1.807) is 24.3 Å². The minimum atomic E-state index is -0.0551. The monoisotopic (exact) mass is 282 g/mol. The number of hydrogen-bond donors (Lipinski definition) is 1. The van der Waals surface area contributed by atoms with E-state index in [0.717, 1.165) is 19.5 Å². The third-order valence-electron chi connectivity index (χ3n) is 3.22. The molecule has 0 bridgehead atoms. The minimum absolute atomic E-state index is 0.0551. The third-order valence-corrected chi connectivity index (χ3v) is 3.47. The van der Waals surface area contributed by atoms with Gasteiger partial charge in [-0.25, -0.2) is 4.79 Å². The van der Waals surface area contributed by atoms with E-state index in [0.29, 0.717) is 16.7 Å². The van der Waals surface area contributed by atoms with Gasteiger partial charge in [-0.1, -0.05) is 18.5 Å². The highest BCUT2D eigenvalue weighted by Gasteiger charge is 2.20. The molecule has 1 aromatic rings. The number of nitrogens with one attached hydrogen (secondary N) is 1. The van der Waals surface area contributed by atoms with Crippen molar-refractivity contribution in [1.82, 2.24) is 10.2 Å². The van der Waals surface area contributed by atoms with Gasteiger partial charge in [0.2, 0.25) is 0 Å². The highest BCUT2D eigenvalue weighted by molar-refractivity contribution is 6.30. The molecule has 1 aliphatic heterocycles. The van der Waals surface area contributed by atoms with Crippen LogP contribution in [0.5, 0.6) is 5.75 Å². The Hall–Kier alpha value is -1.42. The maximum atomic E-state index is 11.9. The topological polar surface area (TPSA) is 41.6 Å². The Labute approximate surface area is 118 Å². The number of urea groups is 1. The van der Waals surface area contributed by atoms with Crippen LogP contribution in [0, 0.1) is 5.92 Å². The molecule has 2 rings (SSSR count). The van der Waals surface area contributed by atoms with E-state index in [4.69, 9.17) is 16.3 Å². The quantitative estimate of drug-likeness (QED) is 0.866. The van der Waals surface area contributed by atoms with Gasteiger partial charge in [-0.3, -0.25) is 0 Å². The van der Waals surface area contributed by atoms with Crippen LogP contribution in [-0.4, -0.2) is 30.8 Å². The standard InChI is InChI=1S/C14H19ClN2O2/c1-11-3-2-8-17(9-11)14(18)16-10-19-13-6-4-12(15)5-7-13/h4-7,11H,2-3,8-10H2,1H3,(H,16,18). The molecular formula is C14H19ClN2O2. The number of rotatable bonds is 3.